The van der Waals surface area contributed by atoms with Gasteiger partial charge in [-0.1, -0.05) is 12.1 Å². The molecule has 8 nitrogen and oxygen atoms in total. The van der Waals surface area contributed by atoms with Gasteiger partial charge in [-0.25, -0.2) is 19.4 Å². The van der Waals surface area contributed by atoms with Crippen LogP contribution in [0.25, 0.3) is 5.70 Å². The van der Waals surface area contributed by atoms with E-state index in [4.69, 9.17) is 11.5 Å². The Morgan fingerprint density at radius 3 is 2.77 bits per heavy atom. The molecule has 1 aromatic heterocycles. The third kappa shape index (κ3) is 4.56. The molecule has 5 N–H and O–H groups in total. The first-order chi connectivity index (χ1) is 14.9. The third-order valence-electron chi connectivity index (χ3n) is 5.64. The van der Waals surface area contributed by atoms with Gasteiger partial charge < -0.3 is 21.7 Å². The predicted octanol–water partition coefficient (Wildman–Crippen LogP) is 2.51. The fourth-order valence-electron chi connectivity index (χ4n) is 3.98. The van der Waals surface area contributed by atoms with E-state index in [-0.39, 0.29) is 17.7 Å². The number of allylic oxidation sites excluding steroid dienone is 1. The van der Waals surface area contributed by atoms with Gasteiger partial charge >= 0.3 is 0 Å². The SMILES string of the molecule is Cc1cc(C2=CCC(C(=O)Nc3cccc(F)c3N3CCC(CN)CC3)=N2)nc(N)n1. The number of aryl methyl sites for hydroxylation is 1. The summed E-state index contributed by atoms with van der Waals surface area (Å²) in [5.74, 6) is -0.110. The number of hydrogen-bond donors (Lipinski definition) is 3. The van der Waals surface area contributed by atoms with E-state index < -0.39 is 0 Å². The van der Waals surface area contributed by atoms with Crippen molar-refractivity contribution in [1.29, 1.82) is 0 Å². The van der Waals surface area contributed by atoms with Crippen molar-refractivity contribution in [2.75, 3.05) is 35.6 Å². The average Bonchev–Trinajstić information content (AvgIpc) is 3.24. The van der Waals surface area contributed by atoms with Crippen LogP contribution in [-0.2, 0) is 4.79 Å². The summed E-state index contributed by atoms with van der Waals surface area (Å²) in [6, 6.07) is 6.48. The minimum atomic E-state index is -0.367. The lowest BCUT2D eigenvalue weighted by molar-refractivity contribution is -0.110. The molecule has 1 aromatic carbocycles. The van der Waals surface area contributed by atoms with Crippen molar-refractivity contribution in [3.8, 4) is 0 Å². The lowest BCUT2D eigenvalue weighted by Crippen LogP contribution is -2.37. The Morgan fingerprint density at radius 1 is 1.29 bits per heavy atom. The Bertz CT molecular complexity index is 1040. The minimum absolute atomic E-state index is 0.159. The molecule has 0 bridgehead atoms. The molecular formula is C22H26FN7O. The molecule has 3 heterocycles. The van der Waals surface area contributed by atoms with Gasteiger partial charge in [-0.05, 0) is 50.4 Å². The average molecular weight is 423 g/mol. The number of aliphatic imine (C=N–C) groups is 1. The van der Waals surface area contributed by atoms with E-state index in [9.17, 15) is 9.18 Å². The lowest BCUT2D eigenvalue weighted by atomic mass is 9.96. The molecule has 0 radical (unpaired) electrons. The largest absolute Gasteiger partial charge is 0.368 e. The molecular weight excluding hydrogens is 397 g/mol. The van der Waals surface area contributed by atoms with Gasteiger partial charge in [0.2, 0.25) is 5.95 Å². The molecule has 4 rings (SSSR count). The number of amides is 1. The zero-order chi connectivity index (χ0) is 22.0. The Kier molecular flexibility index (Phi) is 5.94. The van der Waals surface area contributed by atoms with Crippen molar-refractivity contribution in [3.63, 3.8) is 0 Å². The number of carbonyl (C=O) groups excluding carboxylic acids is 1. The van der Waals surface area contributed by atoms with Crippen molar-refractivity contribution in [2.45, 2.75) is 26.2 Å². The summed E-state index contributed by atoms with van der Waals surface area (Å²) in [5.41, 5.74) is 14.5. The summed E-state index contributed by atoms with van der Waals surface area (Å²) in [5, 5.41) is 2.84. The molecule has 162 valence electrons. The molecule has 0 spiro atoms. The second kappa shape index (κ2) is 8.81. The van der Waals surface area contributed by atoms with E-state index >= 15 is 0 Å². The Morgan fingerprint density at radius 2 is 2.06 bits per heavy atom. The number of carbonyl (C=O) groups is 1. The first kappa shape index (κ1) is 20.9. The number of nitrogens with two attached hydrogens (primary N) is 2. The predicted molar refractivity (Wildman–Crippen MR) is 120 cm³/mol. The maximum absolute atomic E-state index is 14.7. The van der Waals surface area contributed by atoms with Crippen LogP contribution < -0.4 is 21.7 Å². The second-order valence-electron chi connectivity index (χ2n) is 7.86. The molecule has 2 aromatic rings. The molecule has 9 heteroatoms. The summed E-state index contributed by atoms with van der Waals surface area (Å²) >= 11 is 0. The number of para-hydroxylation sites is 1. The van der Waals surface area contributed by atoms with Crippen molar-refractivity contribution < 1.29 is 9.18 Å². The van der Waals surface area contributed by atoms with Gasteiger partial charge in [-0.3, -0.25) is 4.79 Å². The van der Waals surface area contributed by atoms with Crippen LogP contribution in [0.15, 0.2) is 35.3 Å². The Balaban J connectivity index is 1.51. The number of benzene rings is 1. The van der Waals surface area contributed by atoms with Crippen LogP contribution in [0, 0.1) is 18.7 Å². The topological polar surface area (TPSA) is 123 Å². The monoisotopic (exact) mass is 423 g/mol. The second-order valence-corrected chi connectivity index (χ2v) is 7.86. The van der Waals surface area contributed by atoms with Crippen molar-refractivity contribution >= 4 is 34.6 Å². The number of nitrogens with zero attached hydrogens (tertiary/aromatic N) is 4. The van der Waals surface area contributed by atoms with Crippen LogP contribution in [0.2, 0.25) is 0 Å². The first-order valence-electron chi connectivity index (χ1n) is 10.4. The van der Waals surface area contributed by atoms with Crippen LogP contribution in [0.1, 0.15) is 30.7 Å². The zero-order valence-corrected chi connectivity index (χ0v) is 17.4. The molecule has 1 saturated heterocycles. The zero-order valence-electron chi connectivity index (χ0n) is 17.4. The minimum Gasteiger partial charge on any atom is -0.368 e. The number of halogens is 1. The highest BCUT2D eigenvalue weighted by Gasteiger charge is 2.25. The fraction of sp³-hybridized carbons (Fsp3) is 0.364. The van der Waals surface area contributed by atoms with E-state index in [1.165, 1.54) is 6.07 Å². The Labute approximate surface area is 180 Å². The molecule has 1 amide bonds. The molecule has 31 heavy (non-hydrogen) atoms. The summed E-state index contributed by atoms with van der Waals surface area (Å²) in [6.07, 6.45) is 3.98. The van der Waals surface area contributed by atoms with Gasteiger partial charge in [-0.2, -0.15) is 0 Å². The number of nitrogen functional groups attached to an aromatic ring is 1. The lowest BCUT2D eigenvalue weighted by Gasteiger charge is -2.34. The number of nitrogens with one attached hydrogen (secondary N) is 1. The summed E-state index contributed by atoms with van der Waals surface area (Å²) in [6.45, 7) is 3.86. The van der Waals surface area contributed by atoms with Crippen molar-refractivity contribution in [1.82, 2.24) is 9.97 Å². The molecule has 2 aliphatic heterocycles. The van der Waals surface area contributed by atoms with Crippen molar-refractivity contribution in [3.05, 3.63) is 47.5 Å². The van der Waals surface area contributed by atoms with Gasteiger partial charge in [-0.15, -0.1) is 0 Å². The highest BCUT2D eigenvalue weighted by Crippen LogP contribution is 2.33. The normalized spacial score (nSPS) is 16.8. The standard InChI is InChI=1S/C22H26FN7O/c1-13-11-19(29-22(25)26-13)16-5-6-18(27-16)21(31)28-17-4-2-3-15(23)20(17)30-9-7-14(12-24)8-10-30/h2-5,11,14H,6-10,12,24H2,1H3,(H,28,31)(H2,25,26,29). The van der Waals surface area contributed by atoms with E-state index in [1.807, 2.05) is 17.9 Å². The highest BCUT2D eigenvalue weighted by atomic mass is 19.1. The fourth-order valence-corrected chi connectivity index (χ4v) is 3.98. The van der Waals surface area contributed by atoms with Gasteiger partial charge in [0.05, 0.1) is 22.8 Å². The number of hydrogen-bond acceptors (Lipinski definition) is 7. The molecule has 0 aliphatic carbocycles. The molecule has 0 atom stereocenters. The summed E-state index contributed by atoms with van der Waals surface area (Å²) < 4.78 is 14.7. The van der Waals surface area contributed by atoms with Crippen LogP contribution >= 0.6 is 0 Å². The Hall–Kier alpha value is -3.33. The van der Waals surface area contributed by atoms with Gasteiger partial charge in [0.15, 0.2) is 0 Å². The van der Waals surface area contributed by atoms with Gasteiger partial charge in [0.1, 0.15) is 11.5 Å². The van der Waals surface area contributed by atoms with Crippen LogP contribution in [0.3, 0.4) is 0 Å². The summed E-state index contributed by atoms with van der Waals surface area (Å²) in [4.78, 5) is 27.5. The molecule has 1 fully saturated rings. The number of rotatable bonds is 5. The summed E-state index contributed by atoms with van der Waals surface area (Å²) in [7, 11) is 0. The number of aromatic nitrogens is 2. The smallest absolute Gasteiger partial charge is 0.270 e. The molecule has 0 saturated carbocycles. The van der Waals surface area contributed by atoms with Gasteiger partial charge in [0.25, 0.3) is 5.91 Å². The van der Waals surface area contributed by atoms with Crippen LogP contribution in [-0.4, -0.2) is 41.2 Å². The maximum atomic E-state index is 14.7. The van der Waals surface area contributed by atoms with E-state index in [0.717, 1.165) is 18.5 Å². The number of piperidine rings is 1. The highest BCUT2D eigenvalue weighted by molar-refractivity contribution is 6.45. The maximum Gasteiger partial charge on any atom is 0.270 e. The van der Waals surface area contributed by atoms with Crippen LogP contribution in [0.4, 0.5) is 21.7 Å². The van der Waals surface area contributed by atoms with E-state index in [2.05, 4.69) is 20.3 Å². The third-order valence-corrected chi connectivity index (χ3v) is 5.64. The number of anilines is 3. The first-order valence-corrected chi connectivity index (χ1v) is 10.4. The molecule has 0 unspecified atom stereocenters. The van der Waals surface area contributed by atoms with Gasteiger partial charge in [0, 0.05) is 25.2 Å². The quantitative estimate of drug-likeness (QED) is 0.679. The molecule has 2 aliphatic rings. The van der Waals surface area contributed by atoms with E-state index in [0.29, 0.717) is 60.5 Å². The van der Waals surface area contributed by atoms with E-state index in [1.54, 1.807) is 18.2 Å². The van der Waals surface area contributed by atoms with Crippen molar-refractivity contribution in [2.24, 2.45) is 16.6 Å². The van der Waals surface area contributed by atoms with Crippen LogP contribution in [0.5, 0.6) is 0 Å².